The number of benzene rings is 1. The smallest absolute Gasteiger partial charge is 0.267 e. The van der Waals surface area contributed by atoms with Crippen molar-refractivity contribution in [2.24, 2.45) is 0 Å². The molecule has 0 fully saturated rings. The number of hydrogen-bond donors (Lipinski definition) is 3. The fourth-order valence-corrected chi connectivity index (χ4v) is 3.01. The standard InChI is InChI=1S/C20H18N6O3/c1-12-5-7-16(29-12)18-15-10-22-26(19(15)24-20(21)23-18)11-14-4-2-3-13(9-14)6-8-17(27)25-28/h2-10,28H,11H2,1H3,(H,25,27)(H2,21,23,24)/b8-6+. The molecule has 0 bridgehead atoms. The van der Waals surface area contributed by atoms with E-state index in [1.54, 1.807) is 22.4 Å². The molecule has 4 aromatic rings. The van der Waals surface area contributed by atoms with E-state index in [9.17, 15) is 4.79 Å². The van der Waals surface area contributed by atoms with Crippen molar-refractivity contribution < 1.29 is 14.4 Å². The summed E-state index contributed by atoms with van der Waals surface area (Å²) in [6, 6.07) is 11.3. The van der Waals surface area contributed by atoms with Gasteiger partial charge in [0.15, 0.2) is 11.4 Å². The van der Waals surface area contributed by atoms with Crippen LogP contribution in [0.3, 0.4) is 0 Å². The summed E-state index contributed by atoms with van der Waals surface area (Å²) in [6.45, 7) is 2.31. The van der Waals surface area contributed by atoms with Crippen LogP contribution in [0.1, 0.15) is 16.9 Å². The first kappa shape index (κ1) is 18.4. The fraction of sp³-hybridized carbons (Fsp3) is 0.100. The van der Waals surface area contributed by atoms with Crippen LogP contribution in [0.2, 0.25) is 0 Å². The minimum atomic E-state index is -0.596. The van der Waals surface area contributed by atoms with Crippen molar-refractivity contribution in [2.45, 2.75) is 13.5 Å². The van der Waals surface area contributed by atoms with Crippen molar-refractivity contribution in [3.05, 3.63) is 65.6 Å². The molecule has 0 aliphatic rings. The van der Waals surface area contributed by atoms with Crippen molar-refractivity contribution in [2.75, 3.05) is 5.73 Å². The third-order valence-corrected chi connectivity index (χ3v) is 4.31. The van der Waals surface area contributed by atoms with Crippen LogP contribution in [0.5, 0.6) is 0 Å². The number of nitrogens with two attached hydrogens (primary N) is 1. The number of nitrogens with zero attached hydrogens (tertiary/aromatic N) is 4. The minimum absolute atomic E-state index is 0.134. The second kappa shape index (κ2) is 7.56. The van der Waals surface area contributed by atoms with Gasteiger partial charge in [0, 0.05) is 6.08 Å². The molecule has 0 spiro atoms. The maximum absolute atomic E-state index is 11.2. The van der Waals surface area contributed by atoms with Gasteiger partial charge in [0.2, 0.25) is 5.95 Å². The van der Waals surface area contributed by atoms with Gasteiger partial charge in [-0.2, -0.15) is 10.1 Å². The Morgan fingerprint density at radius 1 is 1.31 bits per heavy atom. The molecule has 9 nitrogen and oxygen atoms in total. The molecule has 0 saturated carbocycles. The Labute approximate surface area is 165 Å². The predicted octanol–water partition coefficient (Wildman–Crippen LogP) is 2.54. The van der Waals surface area contributed by atoms with Crippen molar-refractivity contribution in [1.82, 2.24) is 25.2 Å². The van der Waals surface area contributed by atoms with Crippen LogP contribution >= 0.6 is 0 Å². The number of nitrogens with one attached hydrogen (secondary N) is 1. The topological polar surface area (TPSA) is 132 Å². The van der Waals surface area contributed by atoms with Gasteiger partial charge < -0.3 is 10.2 Å². The molecule has 0 atom stereocenters. The molecule has 3 aromatic heterocycles. The normalized spacial score (nSPS) is 11.4. The van der Waals surface area contributed by atoms with Crippen LogP contribution in [0.15, 0.2) is 53.1 Å². The Hall–Kier alpha value is -3.98. The molecule has 0 unspecified atom stereocenters. The maximum atomic E-state index is 11.2. The van der Waals surface area contributed by atoms with Crippen LogP contribution in [0, 0.1) is 6.92 Å². The van der Waals surface area contributed by atoms with Crippen LogP contribution in [0.25, 0.3) is 28.6 Å². The second-order valence-electron chi connectivity index (χ2n) is 6.43. The molecule has 0 aliphatic carbocycles. The quantitative estimate of drug-likeness (QED) is 0.271. The number of carbonyl (C=O) groups excluding carboxylic acids is 1. The molecule has 0 radical (unpaired) electrons. The minimum Gasteiger partial charge on any atom is -0.460 e. The lowest BCUT2D eigenvalue weighted by molar-refractivity contribution is -0.124. The number of fused-ring (bicyclic) bond motifs is 1. The Kier molecular flexibility index (Phi) is 4.80. The van der Waals surface area contributed by atoms with Gasteiger partial charge in [-0.1, -0.05) is 18.2 Å². The highest BCUT2D eigenvalue weighted by atomic mass is 16.5. The molecular formula is C20H18N6O3. The number of aryl methyl sites for hydroxylation is 1. The van der Waals surface area contributed by atoms with Gasteiger partial charge in [-0.15, -0.1) is 0 Å². The highest BCUT2D eigenvalue weighted by Crippen LogP contribution is 2.28. The van der Waals surface area contributed by atoms with Gasteiger partial charge in [-0.05, 0) is 42.3 Å². The van der Waals surface area contributed by atoms with Crippen LogP contribution in [0.4, 0.5) is 5.95 Å². The first-order valence-electron chi connectivity index (χ1n) is 8.80. The average molecular weight is 390 g/mol. The largest absolute Gasteiger partial charge is 0.460 e. The van der Waals surface area contributed by atoms with Gasteiger partial charge >= 0.3 is 0 Å². The summed E-state index contributed by atoms with van der Waals surface area (Å²) < 4.78 is 7.42. The first-order valence-corrected chi connectivity index (χ1v) is 8.80. The van der Waals surface area contributed by atoms with Crippen molar-refractivity contribution in [3.8, 4) is 11.5 Å². The third-order valence-electron chi connectivity index (χ3n) is 4.31. The van der Waals surface area contributed by atoms with E-state index >= 15 is 0 Å². The van der Waals surface area contributed by atoms with Gasteiger partial charge in [-0.25, -0.2) is 15.1 Å². The molecular weight excluding hydrogens is 372 g/mol. The summed E-state index contributed by atoms with van der Waals surface area (Å²) in [4.78, 5) is 19.8. The zero-order valence-corrected chi connectivity index (χ0v) is 15.5. The summed E-state index contributed by atoms with van der Waals surface area (Å²) in [6.07, 6.45) is 4.54. The van der Waals surface area contributed by atoms with Crippen molar-refractivity contribution in [3.63, 3.8) is 0 Å². The predicted molar refractivity (Wildman–Crippen MR) is 107 cm³/mol. The Morgan fingerprint density at radius 3 is 2.93 bits per heavy atom. The first-order chi connectivity index (χ1) is 14.0. The lowest BCUT2D eigenvalue weighted by atomic mass is 10.1. The Morgan fingerprint density at radius 2 is 2.17 bits per heavy atom. The SMILES string of the molecule is Cc1ccc(-c2nc(N)nc3c2cnn3Cc2cccc(/C=C/C(=O)NO)c2)o1. The number of hydroxylamine groups is 1. The van der Waals surface area contributed by atoms with Crippen molar-refractivity contribution in [1.29, 1.82) is 0 Å². The number of anilines is 1. The summed E-state index contributed by atoms with van der Waals surface area (Å²) in [5, 5.41) is 13.8. The van der Waals surface area contributed by atoms with E-state index in [4.69, 9.17) is 15.4 Å². The molecule has 1 aromatic carbocycles. The van der Waals surface area contributed by atoms with Crippen LogP contribution < -0.4 is 11.2 Å². The highest BCUT2D eigenvalue weighted by Gasteiger charge is 2.16. The third kappa shape index (κ3) is 3.85. The van der Waals surface area contributed by atoms with Gasteiger partial charge in [0.25, 0.3) is 5.91 Å². The molecule has 0 saturated heterocycles. The zero-order chi connectivity index (χ0) is 20.4. The average Bonchev–Trinajstić information content (AvgIpc) is 3.32. The van der Waals surface area contributed by atoms with E-state index in [1.165, 1.54) is 6.08 Å². The molecule has 4 rings (SSSR count). The van der Waals surface area contributed by atoms with E-state index in [0.717, 1.165) is 22.3 Å². The highest BCUT2D eigenvalue weighted by molar-refractivity contribution is 5.91. The number of hydrogen-bond acceptors (Lipinski definition) is 7. The Bertz CT molecular complexity index is 1220. The van der Waals surface area contributed by atoms with Crippen molar-refractivity contribution >= 4 is 29.0 Å². The molecule has 4 N–H and O–H groups in total. The summed E-state index contributed by atoms with van der Waals surface area (Å²) in [5.74, 6) is 0.921. The lowest BCUT2D eigenvalue weighted by Gasteiger charge is -2.06. The van der Waals surface area contributed by atoms with Crippen LogP contribution in [-0.2, 0) is 11.3 Å². The Balaban J connectivity index is 1.68. The summed E-state index contributed by atoms with van der Waals surface area (Å²) in [5.41, 5.74) is 10.4. The zero-order valence-electron chi connectivity index (χ0n) is 15.5. The van der Waals surface area contributed by atoms with E-state index in [-0.39, 0.29) is 5.95 Å². The van der Waals surface area contributed by atoms with E-state index in [0.29, 0.717) is 23.6 Å². The number of aromatic nitrogens is 4. The lowest BCUT2D eigenvalue weighted by Crippen LogP contribution is -2.14. The second-order valence-corrected chi connectivity index (χ2v) is 6.43. The van der Waals surface area contributed by atoms with Gasteiger partial charge in [0.05, 0.1) is 18.1 Å². The molecule has 146 valence electrons. The molecule has 3 heterocycles. The number of furan rings is 1. The van der Waals surface area contributed by atoms with E-state index < -0.39 is 5.91 Å². The molecule has 9 heteroatoms. The maximum Gasteiger partial charge on any atom is 0.267 e. The number of rotatable bonds is 5. The number of amides is 1. The fourth-order valence-electron chi connectivity index (χ4n) is 3.01. The van der Waals surface area contributed by atoms with Crippen LogP contribution in [-0.4, -0.2) is 30.9 Å². The van der Waals surface area contributed by atoms with Gasteiger partial charge in [-0.3, -0.25) is 10.0 Å². The molecule has 1 amide bonds. The monoisotopic (exact) mass is 390 g/mol. The van der Waals surface area contributed by atoms with E-state index in [2.05, 4.69) is 15.1 Å². The summed E-state index contributed by atoms with van der Waals surface area (Å²) in [7, 11) is 0. The molecule has 29 heavy (non-hydrogen) atoms. The number of carbonyl (C=O) groups is 1. The molecule has 0 aliphatic heterocycles. The van der Waals surface area contributed by atoms with Gasteiger partial charge in [0.1, 0.15) is 11.5 Å². The number of nitrogen functional groups attached to an aromatic ring is 1. The summed E-state index contributed by atoms with van der Waals surface area (Å²) >= 11 is 0. The van der Waals surface area contributed by atoms with E-state index in [1.807, 2.05) is 43.3 Å².